The molecule has 0 radical (unpaired) electrons. The molecule has 0 atom stereocenters. The normalized spacial score (nSPS) is 12.0. The van der Waals surface area contributed by atoms with Gasteiger partial charge in [-0.25, -0.2) is 4.79 Å². The van der Waals surface area contributed by atoms with Crippen molar-refractivity contribution in [3.8, 4) is 0 Å². The number of allylic oxidation sites excluding steroid dienone is 4. The highest BCUT2D eigenvalue weighted by Crippen LogP contribution is 2.14. The number of carbonyl (C=O) groups is 1. The summed E-state index contributed by atoms with van der Waals surface area (Å²) in [6, 6.07) is 0.646. The van der Waals surface area contributed by atoms with Crippen LogP contribution in [0.15, 0.2) is 23.3 Å². The maximum atomic E-state index is 11.6. The Bertz CT molecular complexity index is 435. The first kappa shape index (κ1) is 24.8. The Morgan fingerprint density at radius 2 is 1.62 bits per heavy atom. The number of carbonyl (C=O) groups excluding carboxylic acids is 1. The van der Waals surface area contributed by atoms with Crippen LogP contribution in [0.4, 0.5) is 4.79 Å². The van der Waals surface area contributed by atoms with E-state index in [0.29, 0.717) is 25.6 Å². The summed E-state index contributed by atoms with van der Waals surface area (Å²) in [5.41, 5.74) is 2.74. The Hall–Kier alpha value is -1.15. The van der Waals surface area contributed by atoms with E-state index < -0.39 is 8.80 Å². The van der Waals surface area contributed by atoms with Crippen molar-refractivity contribution in [1.29, 1.82) is 0 Å². The molecular formula is C19H37NO5Si. The lowest BCUT2D eigenvalue weighted by molar-refractivity contribution is 0.122. The van der Waals surface area contributed by atoms with E-state index in [2.05, 4.69) is 38.2 Å². The summed E-state index contributed by atoms with van der Waals surface area (Å²) < 4.78 is 21.2. The number of nitrogens with one attached hydrogen (secondary N) is 1. The van der Waals surface area contributed by atoms with Gasteiger partial charge in [-0.05, 0) is 52.9 Å². The largest absolute Gasteiger partial charge is 0.500 e. The molecule has 1 amide bonds. The quantitative estimate of drug-likeness (QED) is 0.271. The molecule has 6 nitrogen and oxygen atoms in total. The number of hydrogen-bond donors (Lipinski definition) is 1. The first-order valence-electron chi connectivity index (χ1n) is 9.24. The van der Waals surface area contributed by atoms with Gasteiger partial charge in [0.1, 0.15) is 0 Å². The molecule has 0 unspecified atom stereocenters. The van der Waals surface area contributed by atoms with Crippen molar-refractivity contribution in [3.63, 3.8) is 0 Å². The molecule has 0 heterocycles. The number of amides is 1. The number of hydrogen-bond acceptors (Lipinski definition) is 5. The highest BCUT2D eigenvalue weighted by Gasteiger charge is 2.36. The van der Waals surface area contributed by atoms with Crippen LogP contribution in [0.5, 0.6) is 0 Å². The molecule has 0 spiro atoms. The number of alkyl carbamates (subject to hydrolysis) is 1. The van der Waals surface area contributed by atoms with Crippen molar-refractivity contribution in [2.24, 2.45) is 0 Å². The van der Waals surface area contributed by atoms with Gasteiger partial charge in [-0.2, -0.15) is 0 Å². The summed E-state index contributed by atoms with van der Waals surface area (Å²) in [4.78, 5) is 11.6. The van der Waals surface area contributed by atoms with Crippen molar-refractivity contribution < 1.29 is 22.8 Å². The van der Waals surface area contributed by atoms with Gasteiger partial charge in [-0.1, -0.05) is 23.3 Å². The van der Waals surface area contributed by atoms with Gasteiger partial charge in [-0.15, -0.1) is 0 Å². The molecule has 26 heavy (non-hydrogen) atoms. The van der Waals surface area contributed by atoms with Crippen LogP contribution in [0, 0.1) is 0 Å². The molecule has 0 fully saturated rings. The van der Waals surface area contributed by atoms with E-state index >= 15 is 0 Å². The Labute approximate surface area is 160 Å². The van der Waals surface area contributed by atoms with Crippen LogP contribution in [0.1, 0.15) is 52.9 Å². The van der Waals surface area contributed by atoms with Crippen LogP contribution in [-0.2, 0) is 18.0 Å². The van der Waals surface area contributed by atoms with E-state index in [0.717, 1.165) is 25.7 Å². The second-order valence-corrected chi connectivity index (χ2v) is 9.57. The van der Waals surface area contributed by atoms with Gasteiger partial charge in [0.15, 0.2) is 0 Å². The maximum Gasteiger partial charge on any atom is 0.500 e. The molecule has 0 saturated carbocycles. The Morgan fingerprint density at radius 3 is 2.19 bits per heavy atom. The third-order valence-corrected chi connectivity index (χ3v) is 6.86. The summed E-state index contributed by atoms with van der Waals surface area (Å²) in [6.07, 6.45) is 8.75. The zero-order chi connectivity index (χ0) is 19.8. The molecule has 0 bridgehead atoms. The third-order valence-electron chi connectivity index (χ3n) is 4.03. The molecule has 0 aliphatic carbocycles. The molecule has 0 aromatic heterocycles. The van der Waals surface area contributed by atoms with E-state index in [9.17, 15) is 4.79 Å². The van der Waals surface area contributed by atoms with E-state index in [1.807, 2.05) is 0 Å². The van der Waals surface area contributed by atoms with E-state index in [4.69, 9.17) is 18.0 Å². The van der Waals surface area contributed by atoms with Gasteiger partial charge in [-0.3, -0.25) is 0 Å². The predicted molar refractivity (Wildman–Crippen MR) is 107 cm³/mol. The molecule has 1 N–H and O–H groups in total. The molecule has 152 valence electrons. The second kappa shape index (κ2) is 15.0. The average molecular weight is 388 g/mol. The van der Waals surface area contributed by atoms with E-state index in [-0.39, 0.29) is 6.09 Å². The number of rotatable bonds is 14. The molecule has 0 aliphatic rings. The third kappa shape index (κ3) is 12.2. The van der Waals surface area contributed by atoms with E-state index in [1.165, 1.54) is 11.1 Å². The minimum atomic E-state index is -2.55. The molecule has 0 rings (SSSR count). The lowest BCUT2D eigenvalue weighted by Crippen LogP contribution is -2.43. The fourth-order valence-electron chi connectivity index (χ4n) is 2.39. The first-order chi connectivity index (χ1) is 12.4. The van der Waals surface area contributed by atoms with E-state index in [1.54, 1.807) is 21.3 Å². The van der Waals surface area contributed by atoms with Crippen LogP contribution in [0.25, 0.3) is 0 Å². The van der Waals surface area contributed by atoms with Crippen molar-refractivity contribution in [3.05, 3.63) is 23.3 Å². The fourth-order valence-corrected chi connectivity index (χ4v) is 4.11. The average Bonchev–Trinajstić information content (AvgIpc) is 2.62. The fraction of sp³-hybridized carbons (Fsp3) is 0.737. The van der Waals surface area contributed by atoms with Gasteiger partial charge in [0, 0.05) is 33.9 Å². The minimum Gasteiger partial charge on any atom is -0.450 e. The Morgan fingerprint density at radius 1 is 0.962 bits per heavy atom. The van der Waals surface area contributed by atoms with Crippen LogP contribution < -0.4 is 5.32 Å². The highest BCUT2D eigenvalue weighted by atomic mass is 28.4. The highest BCUT2D eigenvalue weighted by molar-refractivity contribution is 6.60. The van der Waals surface area contributed by atoms with Crippen LogP contribution in [-0.4, -0.2) is 49.4 Å². The molecule has 7 heteroatoms. The standard InChI is InChI=1S/C19H37NO5Si/c1-17(2)11-9-13-18(3)12-7-8-15-25-19(21)20-14-10-16-26(22-4,23-5)24-6/h11-12H,7-10,13-16H2,1-6H3,(H,20,21). The van der Waals surface area contributed by atoms with Crippen LogP contribution in [0.2, 0.25) is 6.04 Å². The lowest BCUT2D eigenvalue weighted by atomic mass is 10.1. The summed E-state index contributed by atoms with van der Waals surface area (Å²) in [5.74, 6) is 0. The van der Waals surface area contributed by atoms with Gasteiger partial charge in [0.2, 0.25) is 0 Å². The summed E-state index contributed by atoms with van der Waals surface area (Å²) in [5, 5.41) is 2.74. The molecule has 0 aliphatic heterocycles. The Balaban J connectivity index is 3.76. The molecule has 0 saturated heterocycles. The first-order valence-corrected chi connectivity index (χ1v) is 11.2. The van der Waals surface area contributed by atoms with Gasteiger partial charge in [0.25, 0.3) is 0 Å². The van der Waals surface area contributed by atoms with Crippen molar-refractivity contribution in [1.82, 2.24) is 5.32 Å². The van der Waals surface area contributed by atoms with Gasteiger partial charge < -0.3 is 23.3 Å². The summed E-state index contributed by atoms with van der Waals surface area (Å²) in [7, 11) is 2.19. The topological polar surface area (TPSA) is 66.0 Å². The lowest BCUT2D eigenvalue weighted by Gasteiger charge is -2.24. The van der Waals surface area contributed by atoms with Gasteiger partial charge in [0.05, 0.1) is 6.61 Å². The van der Waals surface area contributed by atoms with Crippen molar-refractivity contribution in [2.75, 3.05) is 34.5 Å². The monoisotopic (exact) mass is 387 g/mol. The minimum absolute atomic E-state index is 0.381. The Kier molecular flexibility index (Phi) is 14.3. The summed E-state index contributed by atoms with van der Waals surface area (Å²) in [6.45, 7) is 7.32. The zero-order valence-corrected chi connectivity index (χ0v) is 18.4. The summed E-state index contributed by atoms with van der Waals surface area (Å²) >= 11 is 0. The second-order valence-electron chi connectivity index (χ2n) is 6.47. The SMILES string of the molecule is CO[Si](CCCNC(=O)OCCCC=C(C)CCC=C(C)C)(OC)OC. The van der Waals surface area contributed by atoms with Crippen LogP contribution >= 0.6 is 0 Å². The van der Waals surface area contributed by atoms with Gasteiger partial charge >= 0.3 is 14.9 Å². The smallest absolute Gasteiger partial charge is 0.450 e. The zero-order valence-electron chi connectivity index (χ0n) is 17.4. The maximum absolute atomic E-state index is 11.6. The van der Waals surface area contributed by atoms with Crippen LogP contribution in [0.3, 0.4) is 0 Å². The number of ether oxygens (including phenoxy) is 1. The van der Waals surface area contributed by atoms with Crippen molar-refractivity contribution >= 4 is 14.9 Å². The molecule has 0 aromatic rings. The molecule has 0 aromatic carbocycles. The molecular weight excluding hydrogens is 350 g/mol. The number of unbranched alkanes of at least 4 members (excludes halogenated alkanes) is 1. The predicted octanol–water partition coefficient (Wildman–Crippen LogP) is 4.45. The van der Waals surface area contributed by atoms with Crippen molar-refractivity contribution in [2.45, 2.75) is 58.9 Å².